The summed E-state index contributed by atoms with van der Waals surface area (Å²) in [7, 11) is 0. The van der Waals surface area contributed by atoms with Crippen LogP contribution < -0.4 is 4.74 Å². The molecule has 3 heterocycles. The van der Waals surface area contributed by atoms with Crippen LogP contribution in [-0.4, -0.2) is 84.2 Å². The van der Waals surface area contributed by atoms with Crippen LogP contribution >= 0.6 is 0 Å². The summed E-state index contributed by atoms with van der Waals surface area (Å²) < 4.78 is 11.6. The summed E-state index contributed by atoms with van der Waals surface area (Å²) in [5, 5.41) is 0. The second-order valence-electron chi connectivity index (χ2n) is 13.6. The zero-order valence-electron chi connectivity index (χ0n) is 25.6. The number of amides is 2. The Morgan fingerprint density at radius 3 is 2.10 bits per heavy atom. The zero-order valence-corrected chi connectivity index (χ0v) is 25.6. The van der Waals surface area contributed by atoms with Crippen LogP contribution in [0.15, 0.2) is 30.3 Å². The molecule has 7 nitrogen and oxygen atoms in total. The van der Waals surface area contributed by atoms with Gasteiger partial charge in [-0.25, -0.2) is 4.79 Å². The molecule has 3 fully saturated rings. The van der Waals surface area contributed by atoms with E-state index in [4.69, 9.17) is 9.47 Å². The predicted molar refractivity (Wildman–Crippen MR) is 163 cm³/mol. The van der Waals surface area contributed by atoms with Crippen LogP contribution in [0.2, 0.25) is 0 Å². The molecule has 0 N–H and O–H groups in total. The maximum Gasteiger partial charge on any atom is 0.410 e. The van der Waals surface area contributed by atoms with Gasteiger partial charge in [0.1, 0.15) is 11.4 Å². The third-order valence-corrected chi connectivity index (χ3v) is 9.42. The first-order valence-electron chi connectivity index (χ1n) is 16.2. The number of hydrogen-bond donors (Lipinski definition) is 0. The van der Waals surface area contributed by atoms with Crippen molar-refractivity contribution in [3.05, 3.63) is 35.9 Å². The van der Waals surface area contributed by atoms with Crippen LogP contribution in [0, 0.1) is 11.8 Å². The molecule has 0 radical (unpaired) electrons. The first-order valence-corrected chi connectivity index (χ1v) is 16.2. The number of benzene rings is 1. The second kappa shape index (κ2) is 13.6. The van der Waals surface area contributed by atoms with Crippen LogP contribution in [0.5, 0.6) is 5.75 Å². The van der Waals surface area contributed by atoms with E-state index in [2.05, 4.69) is 40.1 Å². The van der Waals surface area contributed by atoms with Crippen molar-refractivity contribution >= 4 is 17.6 Å². The number of ether oxygens (including phenoxy) is 2. The van der Waals surface area contributed by atoms with Crippen LogP contribution in [-0.2, 0) is 9.53 Å². The molecule has 2 amide bonds. The van der Waals surface area contributed by atoms with E-state index < -0.39 is 5.60 Å². The molecule has 3 saturated heterocycles. The molecule has 1 aromatic rings. The van der Waals surface area contributed by atoms with Gasteiger partial charge in [0.2, 0.25) is 5.91 Å². The maximum absolute atomic E-state index is 13.3. The van der Waals surface area contributed by atoms with Gasteiger partial charge in [0.25, 0.3) is 0 Å². The third-order valence-electron chi connectivity index (χ3n) is 9.42. The molecule has 3 aliphatic heterocycles. The monoisotopic (exact) mass is 565 g/mol. The molecule has 1 aliphatic carbocycles. The van der Waals surface area contributed by atoms with Crippen molar-refractivity contribution in [3.63, 3.8) is 0 Å². The number of rotatable bonds is 6. The van der Waals surface area contributed by atoms with E-state index in [1.54, 1.807) is 0 Å². The first-order chi connectivity index (χ1) is 19.7. The van der Waals surface area contributed by atoms with Gasteiger partial charge in [0.15, 0.2) is 0 Å². The maximum atomic E-state index is 13.3. The lowest BCUT2D eigenvalue weighted by Crippen LogP contribution is -2.49. The minimum Gasteiger partial charge on any atom is -0.493 e. The second-order valence-corrected chi connectivity index (χ2v) is 13.6. The molecule has 0 bridgehead atoms. The Morgan fingerprint density at radius 1 is 0.829 bits per heavy atom. The van der Waals surface area contributed by atoms with Crippen molar-refractivity contribution in [3.8, 4) is 5.75 Å². The van der Waals surface area contributed by atoms with Gasteiger partial charge in [0.05, 0.1) is 6.61 Å². The van der Waals surface area contributed by atoms with Crippen LogP contribution in [0.25, 0.3) is 5.57 Å². The van der Waals surface area contributed by atoms with Crippen LogP contribution in [0.1, 0.15) is 90.5 Å². The predicted octanol–water partition coefficient (Wildman–Crippen LogP) is 6.37. The lowest BCUT2D eigenvalue weighted by Gasteiger charge is -2.41. The van der Waals surface area contributed by atoms with Crippen LogP contribution in [0.4, 0.5) is 4.79 Å². The summed E-state index contributed by atoms with van der Waals surface area (Å²) in [6.45, 7) is 12.2. The highest BCUT2D eigenvalue weighted by Gasteiger charge is 2.32. The molecule has 1 unspecified atom stereocenters. The smallest absolute Gasteiger partial charge is 0.410 e. The minimum absolute atomic E-state index is 0.134. The van der Waals surface area contributed by atoms with Crippen molar-refractivity contribution in [2.45, 2.75) is 96.6 Å². The van der Waals surface area contributed by atoms with Crippen molar-refractivity contribution in [2.24, 2.45) is 11.8 Å². The fourth-order valence-corrected chi connectivity index (χ4v) is 6.90. The minimum atomic E-state index is -0.458. The van der Waals surface area contributed by atoms with E-state index in [9.17, 15) is 9.59 Å². The van der Waals surface area contributed by atoms with Gasteiger partial charge >= 0.3 is 6.09 Å². The van der Waals surface area contributed by atoms with E-state index in [1.807, 2.05) is 25.7 Å². The average molecular weight is 566 g/mol. The number of hydrogen-bond acceptors (Lipinski definition) is 5. The van der Waals surface area contributed by atoms with E-state index in [-0.39, 0.29) is 12.0 Å². The lowest BCUT2D eigenvalue weighted by molar-refractivity contribution is -0.137. The van der Waals surface area contributed by atoms with E-state index in [0.717, 1.165) is 76.9 Å². The number of allylic oxidation sites excluding steroid dienone is 2. The molecule has 1 aromatic carbocycles. The topological polar surface area (TPSA) is 62.3 Å². The highest BCUT2D eigenvalue weighted by atomic mass is 16.6. The molecule has 0 saturated carbocycles. The Bertz CT molecular complexity index is 1040. The van der Waals surface area contributed by atoms with E-state index >= 15 is 0 Å². The Labute approximate surface area is 247 Å². The molecule has 5 rings (SSSR count). The molecule has 226 valence electrons. The zero-order chi connectivity index (χ0) is 28.8. The fourth-order valence-electron chi connectivity index (χ4n) is 6.90. The number of carbonyl (C=O) groups is 2. The number of nitrogens with zero attached hydrogens (tertiary/aromatic N) is 3. The Morgan fingerprint density at radius 2 is 1.49 bits per heavy atom. The number of piperidine rings is 3. The quantitative estimate of drug-likeness (QED) is 0.401. The molecule has 0 spiro atoms. The SMILES string of the molecule is CC(C)(C)OC(=O)N1CCC(COc2ccc(C3=CCC(C(=O)N4CCC(N5CCCCC5)CC4)CC3)cc2)CC1. The lowest BCUT2D eigenvalue weighted by atomic mass is 9.85. The number of likely N-dealkylation sites (tertiary alicyclic amines) is 3. The molecule has 7 heteroatoms. The van der Waals surface area contributed by atoms with Gasteiger partial charge in [-0.2, -0.15) is 0 Å². The Kier molecular flexibility index (Phi) is 9.95. The average Bonchev–Trinajstić information content (AvgIpc) is 3.00. The summed E-state index contributed by atoms with van der Waals surface area (Å²) in [5.41, 5.74) is 2.12. The van der Waals surface area contributed by atoms with Crippen molar-refractivity contribution in [1.29, 1.82) is 0 Å². The van der Waals surface area contributed by atoms with Gasteiger partial charge in [-0.1, -0.05) is 24.6 Å². The summed E-state index contributed by atoms with van der Waals surface area (Å²) in [5.74, 6) is 1.84. The van der Waals surface area contributed by atoms with Gasteiger partial charge in [0, 0.05) is 38.1 Å². The molecular weight excluding hydrogens is 514 g/mol. The van der Waals surface area contributed by atoms with Gasteiger partial charge < -0.3 is 24.2 Å². The first kappa shape index (κ1) is 29.9. The van der Waals surface area contributed by atoms with Crippen molar-refractivity contribution in [1.82, 2.24) is 14.7 Å². The van der Waals surface area contributed by atoms with Gasteiger partial charge in [-0.15, -0.1) is 0 Å². The van der Waals surface area contributed by atoms with E-state index in [0.29, 0.717) is 24.5 Å². The summed E-state index contributed by atoms with van der Waals surface area (Å²) in [4.78, 5) is 32.2. The molecule has 1 atom stereocenters. The van der Waals surface area contributed by atoms with Crippen molar-refractivity contribution < 1.29 is 19.1 Å². The Balaban J connectivity index is 1.02. The standard InChI is InChI=1S/C34H51N3O4/c1-34(2,3)41-33(39)37-21-15-26(16-22-37)25-40-31-13-11-28(12-14-31)27-7-9-29(10-8-27)32(38)36-23-17-30(18-24-36)35-19-5-4-6-20-35/h7,11-14,26,29-30H,4-6,8-10,15-25H2,1-3H3. The van der Waals surface area contributed by atoms with Gasteiger partial charge in [-0.05, 0) is 121 Å². The third kappa shape index (κ3) is 8.27. The Hall–Kier alpha value is -2.54. The largest absolute Gasteiger partial charge is 0.493 e. The van der Waals surface area contributed by atoms with E-state index in [1.165, 1.54) is 43.5 Å². The fraction of sp³-hybridized carbons (Fsp3) is 0.706. The normalized spacial score (nSPS) is 23.7. The van der Waals surface area contributed by atoms with Gasteiger partial charge in [-0.3, -0.25) is 4.79 Å². The highest BCUT2D eigenvalue weighted by molar-refractivity contribution is 5.81. The summed E-state index contributed by atoms with van der Waals surface area (Å²) in [6.07, 6.45) is 13.0. The molecule has 0 aromatic heterocycles. The van der Waals surface area contributed by atoms with Crippen molar-refractivity contribution in [2.75, 3.05) is 45.9 Å². The molecule has 41 heavy (non-hydrogen) atoms. The summed E-state index contributed by atoms with van der Waals surface area (Å²) >= 11 is 0. The number of carbonyl (C=O) groups excluding carboxylic acids is 2. The van der Waals surface area contributed by atoms with Crippen LogP contribution in [0.3, 0.4) is 0 Å². The molecule has 4 aliphatic rings. The highest BCUT2D eigenvalue weighted by Crippen LogP contribution is 2.33. The molecular formula is C34H51N3O4. The summed E-state index contributed by atoms with van der Waals surface area (Å²) in [6, 6.07) is 9.12.